The minimum Gasteiger partial charge on any atom is -0.394 e. The number of aromatic nitrogens is 2. The Kier molecular flexibility index (Phi) is 4.69. The van der Waals surface area contributed by atoms with Crippen molar-refractivity contribution in [2.45, 2.75) is 19.4 Å². The second-order valence-corrected chi connectivity index (χ2v) is 4.25. The van der Waals surface area contributed by atoms with Gasteiger partial charge in [-0.2, -0.15) is 5.10 Å². The summed E-state index contributed by atoms with van der Waals surface area (Å²) in [5.41, 5.74) is 1.81. The minimum absolute atomic E-state index is 0.0308. The number of anilines is 1. The van der Waals surface area contributed by atoms with Gasteiger partial charge in [0.1, 0.15) is 0 Å². The fraction of sp³-hybridized carbons (Fsp3) is 0.286. The van der Waals surface area contributed by atoms with Crippen molar-refractivity contribution in [2.75, 3.05) is 11.9 Å². The number of aliphatic hydroxyl groups is 1. The monoisotopic (exact) mass is 259 g/mol. The average Bonchev–Trinajstić information content (AvgIpc) is 2.85. The number of nitrogens with one attached hydrogen (secondary N) is 1. The van der Waals surface area contributed by atoms with E-state index < -0.39 is 0 Å². The minimum atomic E-state index is -0.0348. The van der Waals surface area contributed by atoms with E-state index in [1.165, 1.54) is 0 Å². The van der Waals surface area contributed by atoms with E-state index in [0.717, 1.165) is 12.0 Å². The van der Waals surface area contributed by atoms with Crippen molar-refractivity contribution in [1.29, 1.82) is 0 Å². The molecule has 0 unspecified atom stereocenters. The molecule has 0 aliphatic rings. The molecule has 0 fully saturated rings. The number of benzene rings is 1. The van der Waals surface area contributed by atoms with Crippen LogP contribution in [-0.4, -0.2) is 27.4 Å². The highest BCUT2D eigenvalue weighted by atomic mass is 16.3. The number of carbonyl (C=O) groups is 1. The van der Waals surface area contributed by atoms with Crippen LogP contribution in [0, 0.1) is 0 Å². The van der Waals surface area contributed by atoms with Gasteiger partial charge in [-0.05, 0) is 12.0 Å². The lowest BCUT2D eigenvalue weighted by Crippen LogP contribution is -2.11. The van der Waals surface area contributed by atoms with Crippen LogP contribution < -0.4 is 5.32 Å². The van der Waals surface area contributed by atoms with Crippen LogP contribution in [-0.2, 0) is 17.8 Å². The third-order valence-electron chi connectivity index (χ3n) is 2.73. The molecular formula is C14H17N3O2. The van der Waals surface area contributed by atoms with Gasteiger partial charge in [0, 0.05) is 12.6 Å². The van der Waals surface area contributed by atoms with Crippen LogP contribution in [0.25, 0.3) is 0 Å². The van der Waals surface area contributed by atoms with E-state index in [-0.39, 0.29) is 12.5 Å². The van der Waals surface area contributed by atoms with Gasteiger partial charge in [0.25, 0.3) is 0 Å². The van der Waals surface area contributed by atoms with Crippen molar-refractivity contribution in [3.05, 3.63) is 48.3 Å². The molecular weight excluding hydrogens is 242 g/mol. The molecule has 1 amide bonds. The first-order valence-electron chi connectivity index (χ1n) is 6.25. The van der Waals surface area contributed by atoms with Gasteiger partial charge in [0.05, 0.1) is 25.0 Å². The molecule has 19 heavy (non-hydrogen) atoms. The molecule has 0 atom stereocenters. The van der Waals surface area contributed by atoms with Crippen LogP contribution in [0.3, 0.4) is 0 Å². The van der Waals surface area contributed by atoms with Gasteiger partial charge < -0.3 is 10.4 Å². The second kappa shape index (κ2) is 6.70. The summed E-state index contributed by atoms with van der Waals surface area (Å²) in [6.45, 7) is 0.461. The van der Waals surface area contributed by atoms with Crippen molar-refractivity contribution < 1.29 is 9.90 Å². The van der Waals surface area contributed by atoms with Gasteiger partial charge in [-0.25, -0.2) is 0 Å². The molecule has 0 aliphatic heterocycles. The zero-order valence-corrected chi connectivity index (χ0v) is 10.6. The highest BCUT2D eigenvalue weighted by molar-refractivity contribution is 5.90. The van der Waals surface area contributed by atoms with E-state index in [1.54, 1.807) is 17.1 Å². The topological polar surface area (TPSA) is 67.2 Å². The SMILES string of the molecule is O=C(CCc1ccccc1)Nc1cnn(CCO)c1. The Morgan fingerprint density at radius 3 is 2.84 bits per heavy atom. The first-order chi connectivity index (χ1) is 9.28. The fourth-order valence-electron chi connectivity index (χ4n) is 1.78. The fourth-order valence-corrected chi connectivity index (χ4v) is 1.78. The van der Waals surface area contributed by atoms with E-state index in [4.69, 9.17) is 5.11 Å². The number of aryl methyl sites for hydroxylation is 1. The van der Waals surface area contributed by atoms with Crippen LogP contribution in [0.15, 0.2) is 42.7 Å². The number of hydrogen-bond acceptors (Lipinski definition) is 3. The molecule has 0 saturated heterocycles. The molecule has 5 nitrogen and oxygen atoms in total. The molecule has 1 aromatic heterocycles. The maximum absolute atomic E-state index is 11.8. The summed E-state index contributed by atoms with van der Waals surface area (Å²) in [6, 6.07) is 9.90. The number of aliphatic hydroxyl groups excluding tert-OH is 1. The maximum Gasteiger partial charge on any atom is 0.224 e. The summed E-state index contributed by atoms with van der Waals surface area (Å²) in [5, 5.41) is 15.6. The first-order valence-corrected chi connectivity index (χ1v) is 6.25. The summed E-state index contributed by atoms with van der Waals surface area (Å²) >= 11 is 0. The van der Waals surface area contributed by atoms with Crippen molar-refractivity contribution in [2.24, 2.45) is 0 Å². The van der Waals surface area contributed by atoms with Crippen LogP contribution in [0.4, 0.5) is 5.69 Å². The Labute approximate surface area is 111 Å². The van der Waals surface area contributed by atoms with E-state index in [9.17, 15) is 4.79 Å². The van der Waals surface area contributed by atoms with E-state index in [0.29, 0.717) is 18.7 Å². The molecule has 0 radical (unpaired) electrons. The van der Waals surface area contributed by atoms with Crippen molar-refractivity contribution in [3.63, 3.8) is 0 Å². The largest absolute Gasteiger partial charge is 0.394 e. The van der Waals surface area contributed by atoms with Gasteiger partial charge >= 0.3 is 0 Å². The Morgan fingerprint density at radius 1 is 1.32 bits per heavy atom. The van der Waals surface area contributed by atoms with Gasteiger partial charge in [-0.3, -0.25) is 9.48 Å². The lowest BCUT2D eigenvalue weighted by atomic mass is 10.1. The van der Waals surface area contributed by atoms with Gasteiger partial charge in [-0.1, -0.05) is 30.3 Å². The Morgan fingerprint density at radius 2 is 2.11 bits per heavy atom. The van der Waals surface area contributed by atoms with Gasteiger partial charge in [0.15, 0.2) is 0 Å². The number of nitrogens with zero attached hydrogens (tertiary/aromatic N) is 2. The molecule has 1 heterocycles. The van der Waals surface area contributed by atoms with Gasteiger partial charge in [0.2, 0.25) is 5.91 Å². The average molecular weight is 259 g/mol. The lowest BCUT2D eigenvalue weighted by Gasteiger charge is -2.02. The van der Waals surface area contributed by atoms with Crippen molar-refractivity contribution in [1.82, 2.24) is 9.78 Å². The van der Waals surface area contributed by atoms with Crippen LogP contribution in [0.5, 0.6) is 0 Å². The molecule has 0 spiro atoms. The van der Waals surface area contributed by atoms with E-state index in [2.05, 4.69) is 10.4 Å². The highest BCUT2D eigenvalue weighted by Gasteiger charge is 2.05. The van der Waals surface area contributed by atoms with E-state index in [1.807, 2.05) is 30.3 Å². The van der Waals surface area contributed by atoms with Crippen molar-refractivity contribution in [3.8, 4) is 0 Å². The third kappa shape index (κ3) is 4.22. The predicted molar refractivity (Wildman–Crippen MR) is 72.7 cm³/mol. The number of rotatable bonds is 6. The molecule has 2 rings (SSSR count). The summed E-state index contributed by atoms with van der Waals surface area (Å²) in [4.78, 5) is 11.8. The maximum atomic E-state index is 11.8. The number of hydrogen-bond donors (Lipinski definition) is 2. The van der Waals surface area contributed by atoms with Crippen LogP contribution >= 0.6 is 0 Å². The highest BCUT2D eigenvalue weighted by Crippen LogP contribution is 2.07. The molecule has 2 N–H and O–H groups in total. The summed E-state index contributed by atoms with van der Waals surface area (Å²) in [5.74, 6) is -0.0348. The van der Waals surface area contributed by atoms with E-state index >= 15 is 0 Å². The normalized spacial score (nSPS) is 10.4. The molecule has 0 aliphatic carbocycles. The Balaban J connectivity index is 1.80. The smallest absolute Gasteiger partial charge is 0.224 e. The van der Waals surface area contributed by atoms with Gasteiger partial charge in [-0.15, -0.1) is 0 Å². The first kappa shape index (κ1) is 13.3. The summed E-state index contributed by atoms with van der Waals surface area (Å²) < 4.78 is 1.59. The molecule has 100 valence electrons. The predicted octanol–water partition coefficient (Wildman–Crippen LogP) is 1.45. The molecule has 0 bridgehead atoms. The zero-order valence-electron chi connectivity index (χ0n) is 10.6. The summed E-state index contributed by atoms with van der Waals surface area (Å²) in [7, 11) is 0. The molecule has 5 heteroatoms. The van der Waals surface area contributed by atoms with Crippen LogP contribution in [0.1, 0.15) is 12.0 Å². The zero-order chi connectivity index (χ0) is 13.5. The molecule has 1 aromatic carbocycles. The third-order valence-corrected chi connectivity index (χ3v) is 2.73. The standard InChI is InChI=1S/C14H17N3O2/c18-9-8-17-11-13(10-15-17)16-14(19)7-6-12-4-2-1-3-5-12/h1-5,10-11,18H,6-9H2,(H,16,19). The number of carbonyl (C=O) groups excluding carboxylic acids is 1. The molecule has 2 aromatic rings. The second-order valence-electron chi connectivity index (χ2n) is 4.25. The number of amides is 1. The summed E-state index contributed by atoms with van der Waals surface area (Å²) in [6.07, 6.45) is 4.44. The van der Waals surface area contributed by atoms with Crippen molar-refractivity contribution >= 4 is 11.6 Å². The quantitative estimate of drug-likeness (QED) is 0.825. The Bertz CT molecular complexity index is 522. The Hall–Kier alpha value is -2.14. The molecule has 0 saturated carbocycles. The van der Waals surface area contributed by atoms with Crippen LogP contribution in [0.2, 0.25) is 0 Å². The lowest BCUT2D eigenvalue weighted by molar-refractivity contribution is -0.116.